The Labute approximate surface area is 154 Å². The molecule has 0 spiro atoms. The molecule has 0 aromatic heterocycles. The highest BCUT2D eigenvalue weighted by atomic mass is 16.5. The molecule has 2 rings (SSSR count). The zero-order valence-corrected chi connectivity index (χ0v) is 14.9. The van der Waals surface area contributed by atoms with Crippen molar-refractivity contribution in [2.24, 2.45) is 16.1 Å². The predicted molar refractivity (Wildman–Crippen MR) is 106 cm³/mol. The van der Waals surface area contributed by atoms with Gasteiger partial charge in [-0.1, -0.05) is 60.9 Å². The molecule has 1 aliphatic rings. The van der Waals surface area contributed by atoms with Gasteiger partial charge in [0.1, 0.15) is 12.4 Å². The molecule has 0 radical (unpaired) electrons. The summed E-state index contributed by atoms with van der Waals surface area (Å²) in [5.74, 6) is 0.835. The zero-order chi connectivity index (χ0) is 18.8. The van der Waals surface area contributed by atoms with E-state index in [2.05, 4.69) is 34.9 Å². The van der Waals surface area contributed by atoms with Crippen LogP contribution < -0.4 is 11.1 Å². The van der Waals surface area contributed by atoms with Crippen LogP contribution in [0.5, 0.6) is 0 Å². The van der Waals surface area contributed by atoms with Crippen LogP contribution in [0.2, 0.25) is 0 Å². The first-order valence-corrected chi connectivity index (χ1v) is 8.54. The van der Waals surface area contributed by atoms with E-state index in [1.165, 1.54) is 0 Å². The van der Waals surface area contributed by atoms with E-state index in [1.807, 2.05) is 30.3 Å². The van der Waals surface area contributed by atoms with Crippen molar-refractivity contribution < 1.29 is 4.74 Å². The van der Waals surface area contributed by atoms with Gasteiger partial charge in [0.05, 0.1) is 0 Å². The van der Waals surface area contributed by atoms with Crippen molar-refractivity contribution in [1.82, 2.24) is 5.32 Å². The Balaban J connectivity index is 2.41. The molecule has 0 saturated heterocycles. The quantitative estimate of drug-likeness (QED) is 0.334. The van der Waals surface area contributed by atoms with Gasteiger partial charge in [0.2, 0.25) is 0 Å². The molecule has 26 heavy (non-hydrogen) atoms. The van der Waals surface area contributed by atoms with Crippen molar-refractivity contribution in [2.75, 3.05) is 19.7 Å². The summed E-state index contributed by atoms with van der Waals surface area (Å²) in [7, 11) is 0. The first-order valence-electron chi connectivity index (χ1n) is 8.54. The third kappa shape index (κ3) is 5.26. The van der Waals surface area contributed by atoms with Crippen LogP contribution in [-0.4, -0.2) is 25.5 Å². The van der Waals surface area contributed by atoms with Crippen LogP contribution in [0.3, 0.4) is 0 Å². The fourth-order valence-corrected chi connectivity index (χ4v) is 2.69. The molecule has 0 fully saturated rings. The van der Waals surface area contributed by atoms with Gasteiger partial charge in [-0.25, -0.2) is 0 Å². The fraction of sp³-hybridized carbons (Fsp3) is 0.250. The number of amidine groups is 1. The van der Waals surface area contributed by atoms with E-state index in [-0.39, 0.29) is 5.84 Å². The lowest BCUT2D eigenvalue weighted by Gasteiger charge is -2.16. The van der Waals surface area contributed by atoms with E-state index < -0.39 is 0 Å². The highest BCUT2D eigenvalue weighted by Gasteiger charge is 2.13. The van der Waals surface area contributed by atoms with E-state index in [9.17, 15) is 0 Å². The number of hydrogen-bond donors (Lipinski definition) is 3. The van der Waals surface area contributed by atoms with Crippen LogP contribution in [0.15, 0.2) is 77.3 Å². The van der Waals surface area contributed by atoms with Crippen molar-refractivity contribution in [3.63, 3.8) is 0 Å². The molecule has 0 atom stereocenters. The normalized spacial score (nSPS) is 20.5. The van der Waals surface area contributed by atoms with Crippen LogP contribution in [0.4, 0.5) is 0 Å². The summed E-state index contributed by atoms with van der Waals surface area (Å²) in [5.41, 5.74) is 16.3. The fourth-order valence-electron chi connectivity index (χ4n) is 2.69. The number of benzene rings is 1. The van der Waals surface area contributed by atoms with Crippen molar-refractivity contribution in [3.05, 3.63) is 78.1 Å². The van der Waals surface area contributed by atoms with Gasteiger partial charge in [-0.2, -0.15) is 5.53 Å². The predicted octanol–water partition coefficient (Wildman–Crippen LogP) is 3.75. The molecule has 1 aromatic rings. The molecule has 4 N–H and O–H groups in total. The molecule has 1 aromatic carbocycles. The molecule has 1 heterocycles. The third-order valence-corrected chi connectivity index (χ3v) is 3.99. The van der Waals surface area contributed by atoms with Gasteiger partial charge < -0.3 is 15.8 Å². The molecule has 0 aliphatic carbocycles. The van der Waals surface area contributed by atoms with Gasteiger partial charge in [-0.3, -0.25) is 0 Å². The molecule has 0 saturated carbocycles. The number of rotatable bonds is 4. The summed E-state index contributed by atoms with van der Waals surface area (Å²) in [4.78, 5) is 0. The molecular weight excluding hydrogens is 326 g/mol. The first kappa shape index (κ1) is 19.3. The highest BCUT2D eigenvalue weighted by Crippen LogP contribution is 2.30. The first-order chi connectivity index (χ1) is 12.7. The number of nitrogens with zero attached hydrogens (tertiary/aromatic N) is 2. The second-order valence-electron chi connectivity index (χ2n) is 5.76. The molecule has 0 unspecified atom stereocenters. The summed E-state index contributed by atoms with van der Waals surface area (Å²) >= 11 is 0. The molecule has 0 amide bonds. The third-order valence-electron chi connectivity index (χ3n) is 3.99. The van der Waals surface area contributed by atoms with Gasteiger partial charge >= 0.3 is 0 Å². The summed E-state index contributed by atoms with van der Waals surface area (Å²) in [6.07, 6.45) is 7.84. The largest absolute Gasteiger partial charge is 0.492 e. The standard InChI is InChI=1S/C20H25N5O/c1-3-6-18-15(2)26-14-13-23-12-5-4-7-19(18)16-8-10-17(11-9-16)20(21)24-25-22/h3,6-11,23H,1-2,4-5,12-14H2,(H3,21,22,24)/b18-6+,19-7-. The second-order valence-corrected chi connectivity index (χ2v) is 5.76. The zero-order valence-electron chi connectivity index (χ0n) is 14.9. The van der Waals surface area contributed by atoms with E-state index >= 15 is 0 Å². The van der Waals surface area contributed by atoms with E-state index in [0.29, 0.717) is 12.4 Å². The molecule has 1 aliphatic heterocycles. The summed E-state index contributed by atoms with van der Waals surface area (Å²) in [5, 5.41) is 9.88. The molecule has 6 heteroatoms. The van der Waals surface area contributed by atoms with Crippen LogP contribution >= 0.6 is 0 Å². The summed E-state index contributed by atoms with van der Waals surface area (Å²) in [6, 6.07) is 7.66. The summed E-state index contributed by atoms with van der Waals surface area (Å²) < 4.78 is 5.80. The number of nitrogens with two attached hydrogens (primary N) is 1. The Morgan fingerprint density at radius 1 is 1.27 bits per heavy atom. The maximum absolute atomic E-state index is 6.78. The Kier molecular flexibility index (Phi) is 7.51. The Morgan fingerprint density at radius 3 is 2.73 bits per heavy atom. The highest BCUT2D eigenvalue weighted by molar-refractivity contribution is 5.97. The van der Waals surface area contributed by atoms with Crippen LogP contribution in [0, 0.1) is 5.53 Å². The van der Waals surface area contributed by atoms with Crippen LogP contribution in [-0.2, 0) is 4.74 Å². The van der Waals surface area contributed by atoms with Crippen molar-refractivity contribution in [3.8, 4) is 0 Å². The molecule has 6 nitrogen and oxygen atoms in total. The van der Waals surface area contributed by atoms with Gasteiger partial charge in [-0.05, 0) is 30.5 Å². The average molecular weight is 351 g/mol. The van der Waals surface area contributed by atoms with Crippen LogP contribution in [0.25, 0.3) is 5.57 Å². The lowest BCUT2D eigenvalue weighted by atomic mass is 9.94. The maximum atomic E-state index is 6.78. The van der Waals surface area contributed by atoms with Gasteiger partial charge in [0.25, 0.3) is 0 Å². The minimum atomic E-state index is 0.212. The maximum Gasteiger partial charge on any atom is 0.155 e. The molecule has 136 valence electrons. The van der Waals surface area contributed by atoms with Crippen LogP contribution in [0.1, 0.15) is 24.0 Å². The van der Waals surface area contributed by atoms with E-state index in [1.54, 1.807) is 6.08 Å². The minimum Gasteiger partial charge on any atom is -0.492 e. The van der Waals surface area contributed by atoms with Gasteiger partial charge in [0.15, 0.2) is 5.84 Å². The Bertz CT molecular complexity index is 744. The topological polar surface area (TPSA) is 95.8 Å². The van der Waals surface area contributed by atoms with E-state index in [4.69, 9.17) is 16.0 Å². The molecular formula is C20H25N5O. The number of nitrogens with one attached hydrogen (secondary N) is 2. The number of ether oxygens (including phenoxy) is 1. The SMILES string of the molecule is C=C/C=C1C(=C)OCCNCCC/C=C\1c1ccc(C(N)=NN=N)cc1. The minimum absolute atomic E-state index is 0.212. The van der Waals surface area contributed by atoms with Crippen molar-refractivity contribution in [2.45, 2.75) is 12.8 Å². The number of hydrogen-bond acceptors (Lipinski definition) is 4. The smallest absolute Gasteiger partial charge is 0.155 e. The lowest BCUT2D eigenvalue weighted by Crippen LogP contribution is -2.20. The molecule has 0 bridgehead atoms. The Morgan fingerprint density at radius 2 is 2.04 bits per heavy atom. The average Bonchev–Trinajstić information content (AvgIpc) is 2.69. The van der Waals surface area contributed by atoms with Crippen molar-refractivity contribution >= 4 is 11.4 Å². The second kappa shape index (κ2) is 10.1. The van der Waals surface area contributed by atoms with E-state index in [0.717, 1.165) is 48.2 Å². The lowest BCUT2D eigenvalue weighted by molar-refractivity contribution is 0.223. The van der Waals surface area contributed by atoms with Gasteiger partial charge in [0, 0.05) is 17.7 Å². The van der Waals surface area contributed by atoms with Gasteiger partial charge in [-0.15, -0.1) is 5.10 Å². The number of allylic oxidation sites excluding steroid dienone is 4. The summed E-state index contributed by atoms with van der Waals surface area (Å²) in [6.45, 7) is 10.2. The Hall–Kier alpha value is -2.99. The monoisotopic (exact) mass is 351 g/mol. The van der Waals surface area contributed by atoms with Crippen molar-refractivity contribution in [1.29, 1.82) is 5.53 Å².